The minimum absolute atomic E-state index is 0.488. The van der Waals surface area contributed by atoms with Crippen molar-refractivity contribution in [3.8, 4) is 0 Å². The van der Waals surface area contributed by atoms with Crippen LogP contribution in [0.3, 0.4) is 0 Å². The lowest BCUT2D eigenvalue weighted by Crippen LogP contribution is -2.40. The fourth-order valence-electron chi connectivity index (χ4n) is 3.50. The lowest BCUT2D eigenvalue weighted by molar-refractivity contribution is 0.419. The van der Waals surface area contributed by atoms with Crippen molar-refractivity contribution in [3.63, 3.8) is 0 Å². The molecule has 1 aromatic heterocycles. The molecule has 0 saturated carbocycles. The molecule has 2 heterocycles. The summed E-state index contributed by atoms with van der Waals surface area (Å²) in [5, 5.41) is 10.7. The molecule has 1 aliphatic rings. The van der Waals surface area contributed by atoms with Crippen LogP contribution in [0.25, 0.3) is 0 Å². The highest BCUT2D eigenvalue weighted by molar-refractivity contribution is 5.34. The van der Waals surface area contributed by atoms with Gasteiger partial charge in [-0.2, -0.15) is 0 Å². The van der Waals surface area contributed by atoms with Crippen LogP contribution in [-0.4, -0.2) is 37.2 Å². The van der Waals surface area contributed by atoms with Gasteiger partial charge in [0.2, 0.25) is 0 Å². The lowest BCUT2D eigenvalue weighted by atomic mass is 9.97. The van der Waals surface area contributed by atoms with E-state index in [4.69, 9.17) is 5.73 Å². The third-order valence-corrected chi connectivity index (χ3v) is 4.73. The van der Waals surface area contributed by atoms with Crippen molar-refractivity contribution in [3.05, 3.63) is 59.3 Å². The van der Waals surface area contributed by atoms with E-state index in [1.165, 1.54) is 11.1 Å². The predicted octanol–water partition coefficient (Wildman–Crippen LogP) is 1.48. The van der Waals surface area contributed by atoms with Gasteiger partial charge in [-0.05, 0) is 49.1 Å². The number of aryl methyl sites for hydroxylation is 1. The number of anilines is 1. The summed E-state index contributed by atoms with van der Waals surface area (Å²) >= 11 is 0. The summed E-state index contributed by atoms with van der Waals surface area (Å²) in [6, 6.07) is 15.1. The molecule has 1 saturated heterocycles. The van der Waals surface area contributed by atoms with E-state index in [1.54, 1.807) is 0 Å². The Morgan fingerprint density at radius 2 is 2.00 bits per heavy atom. The normalized spacial score (nSPS) is 20.0. The Morgan fingerprint density at radius 3 is 2.80 bits per heavy atom. The standard InChI is InChI=1S/C20H29N5/c1-15-9-18(25-20(21)10-15)11-17-13-23-14-19(17)24-8-7-22-12-16-5-3-2-4-6-16/h2-6,9-10,17,19,22-24H,7-8,11-14H2,1H3,(H2,21,25)/t17-,19?/m0/s1. The highest BCUT2D eigenvalue weighted by atomic mass is 15.1. The van der Waals surface area contributed by atoms with Crippen LogP contribution in [0.5, 0.6) is 0 Å². The molecule has 0 radical (unpaired) electrons. The molecule has 0 aliphatic carbocycles. The Labute approximate surface area is 150 Å². The van der Waals surface area contributed by atoms with Gasteiger partial charge in [0.25, 0.3) is 0 Å². The number of benzene rings is 1. The van der Waals surface area contributed by atoms with Gasteiger partial charge in [-0.1, -0.05) is 30.3 Å². The number of nitrogens with zero attached hydrogens (tertiary/aromatic N) is 1. The maximum absolute atomic E-state index is 5.88. The van der Waals surface area contributed by atoms with E-state index < -0.39 is 0 Å². The van der Waals surface area contributed by atoms with Crippen LogP contribution in [0.2, 0.25) is 0 Å². The second-order valence-electron chi connectivity index (χ2n) is 6.91. The zero-order valence-electron chi connectivity index (χ0n) is 15.0. The third kappa shape index (κ3) is 5.53. The number of aromatic nitrogens is 1. The molecule has 2 aromatic rings. The van der Waals surface area contributed by atoms with Crippen molar-refractivity contribution in [1.82, 2.24) is 20.9 Å². The molecule has 1 aliphatic heterocycles. The summed E-state index contributed by atoms with van der Waals surface area (Å²) in [6.07, 6.45) is 0.966. The summed E-state index contributed by atoms with van der Waals surface area (Å²) in [7, 11) is 0. The van der Waals surface area contributed by atoms with Crippen LogP contribution < -0.4 is 21.7 Å². The third-order valence-electron chi connectivity index (χ3n) is 4.73. The first-order valence-corrected chi connectivity index (χ1v) is 9.12. The molecule has 5 nitrogen and oxygen atoms in total. The molecule has 0 bridgehead atoms. The smallest absolute Gasteiger partial charge is 0.123 e. The Bertz CT molecular complexity index is 638. The molecule has 0 amide bonds. The fourth-order valence-corrected chi connectivity index (χ4v) is 3.50. The lowest BCUT2D eigenvalue weighted by Gasteiger charge is -2.20. The first-order chi connectivity index (χ1) is 12.2. The van der Waals surface area contributed by atoms with Crippen molar-refractivity contribution in [2.75, 3.05) is 31.9 Å². The Morgan fingerprint density at radius 1 is 1.16 bits per heavy atom. The average molecular weight is 339 g/mol. The van der Waals surface area contributed by atoms with Gasteiger partial charge >= 0.3 is 0 Å². The zero-order chi connectivity index (χ0) is 17.5. The maximum Gasteiger partial charge on any atom is 0.123 e. The molecule has 5 N–H and O–H groups in total. The number of nitrogens with one attached hydrogen (secondary N) is 3. The molecule has 1 unspecified atom stereocenters. The van der Waals surface area contributed by atoms with Crippen LogP contribution in [-0.2, 0) is 13.0 Å². The number of nitrogen functional groups attached to an aromatic ring is 1. The van der Waals surface area contributed by atoms with E-state index >= 15 is 0 Å². The van der Waals surface area contributed by atoms with E-state index in [0.717, 1.165) is 44.8 Å². The van der Waals surface area contributed by atoms with Crippen LogP contribution in [0.4, 0.5) is 5.82 Å². The average Bonchev–Trinajstić information content (AvgIpc) is 3.01. The topological polar surface area (TPSA) is 75.0 Å². The van der Waals surface area contributed by atoms with Gasteiger partial charge in [0.05, 0.1) is 0 Å². The highest BCUT2D eigenvalue weighted by Crippen LogP contribution is 2.17. The number of hydrogen-bond donors (Lipinski definition) is 4. The van der Waals surface area contributed by atoms with Gasteiger partial charge in [0.1, 0.15) is 5.82 Å². The second-order valence-corrected chi connectivity index (χ2v) is 6.91. The van der Waals surface area contributed by atoms with Crippen molar-refractivity contribution in [1.29, 1.82) is 0 Å². The van der Waals surface area contributed by atoms with E-state index in [1.807, 2.05) is 6.07 Å². The predicted molar refractivity (Wildman–Crippen MR) is 103 cm³/mol. The molecule has 25 heavy (non-hydrogen) atoms. The van der Waals surface area contributed by atoms with Crippen molar-refractivity contribution >= 4 is 5.82 Å². The van der Waals surface area contributed by atoms with E-state index in [2.05, 4.69) is 64.3 Å². The van der Waals surface area contributed by atoms with Gasteiger partial charge in [-0.15, -0.1) is 0 Å². The maximum atomic E-state index is 5.88. The number of pyridine rings is 1. The molecular weight excluding hydrogens is 310 g/mol. The van der Waals surface area contributed by atoms with Gasteiger partial charge in [-0.25, -0.2) is 4.98 Å². The molecule has 3 rings (SSSR count). The Hall–Kier alpha value is -1.95. The van der Waals surface area contributed by atoms with Crippen molar-refractivity contribution in [2.45, 2.75) is 25.9 Å². The monoisotopic (exact) mass is 339 g/mol. The van der Waals surface area contributed by atoms with Gasteiger partial charge < -0.3 is 21.7 Å². The first kappa shape index (κ1) is 17.9. The highest BCUT2D eigenvalue weighted by Gasteiger charge is 2.26. The molecule has 1 fully saturated rings. The summed E-state index contributed by atoms with van der Waals surface area (Å²) in [5.41, 5.74) is 9.49. The van der Waals surface area contributed by atoms with Crippen LogP contribution in [0.15, 0.2) is 42.5 Å². The van der Waals surface area contributed by atoms with Crippen molar-refractivity contribution < 1.29 is 0 Å². The van der Waals surface area contributed by atoms with Crippen LogP contribution in [0, 0.1) is 12.8 Å². The first-order valence-electron chi connectivity index (χ1n) is 9.12. The van der Waals surface area contributed by atoms with E-state index in [9.17, 15) is 0 Å². The van der Waals surface area contributed by atoms with Gasteiger partial charge in [0, 0.05) is 37.9 Å². The SMILES string of the molecule is Cc1cc(N)nc(C[C@H]2CNCC2NCCNCc2ccccc2)c1. The summed E-state index contributed by atoms with van der Waals surface area (Å²) in [5.74, 6) is 1.18. The second kappa shape index (κ2) is 8.94. The molecular formula is C20H29N5. The minimum Gasteiger partial charge on any atom is -0.384 e. The van der Waals surface area contributed by atoms with Crippen molar-refractivity contribution in [2.24, 2.45) is 5.92 Å². The summed E-state index contributed by atoms with van der Waals surface area (Å²) < 4.78 is 0. The molecule has 5 heteroatoms. The minimum atomic E-state index is 0.488. The zero-order valence-corrected chi connectivity index (χ0v) is 15.0. The van der Waals surface area contributed by atoms with Crippen LogP contribution >= 0.6 is 0 Å². The number of hydrogen-bond acceptors (Lipinski definition) is 5. The Balaban J connectivity index is 1.41. The molecule has 1 aromatic carbocycles. The number of nitrogens with two attached hydrogens (primary N) is 1. The summed E-state index contributed by atoms with van der Waals surface area (Å²) in [4.78, 5) is 4.49. The summed E-state index contributed by atoms with van der Waals surface area (Å²) in [6.45, 7) is 6.98. The fraction of sp³-hybridized carbons (Fsp3) is 0.450. The quantitative estimate of drug-likeness (QED) is 0.548. The van der Waals surface area contributed by atoms with E-state index in [0.29, 0.717) is 17.8 Å². The largest absolute Gasteiger partial charge is 0.384 e. The Kier molecular flexibility index (Phi) is 6.39. The van der Waals surface area contributed by atoms with Gasteiger partial charge in [-0.3, -0.25) is 0 Å². The molecule has 134 valence electrons. The molecule has 0 spiro atoms. The number of rotatable bonds is 8. The van der Waals surface area contributed by atoms with Gasteiger partial charge in [0.15, 0.2) is 0 Å². The molecule has 2 atom stereocenters. The van der Waals surface area contributed by atoms with E-state index in [-0.39, 0.29) is 0 Å². The van der Waals surface area contributed by atoms with Crippen LogP contribution in [0.1, 0.15) is 16.8 Å².